The summed E-state index contributed by atoms with van der Waals surface area (Å²) in [7, 11) is 0. The molecule has 2 rings (SSSR count). The van der Waals surface area contributed by atoms with E-state index in [-0.39, 0.29) is 16.3 Å². The third-order valence-corrected chi connectivity index (χ3v) is 2.99. The summed E-state index contributed by atoms with van der Waals surface area (Å²) in [5.74, 6) is -0.367. The first-order valence-electron chi connectivity index (χ1n) is 4.95. The van der Waals surface area contributed by atoms with Crippen LogP contribution in [0.1, 0.15) is 5.56 Å². The number of pyridine rings is 1. The van der Waals surface area contributed by atoms with Gasteiger partial charge < -0.3 is 5.32 Å². The Morgan fingerprint density at radius 2 is 2.44 bits per heavy atom. The van der Waals surface area contributed by atoms with Gasteiger partial charge in [0.15, 0.2) is 5.82 Å². The molecule has 1 aromatic rings. The van der Waals surface area contributed by atoms with Crippen LogP contribution in [-0.4, -0.2) is 35.4 Å². The first kappa shape index (κ1) is 11.5. The molecule has 1 aliphatic heterocycles. The van der Waals surface area contributed by atoms with Gasteiger partial charge in [0.25, 0.3) is 0 Å². The van der Waals surface area contributed by atoms with E-state index in [0.717, 1.165) is 6.54 Å². The van der Waals surface area contributed by atoms with E-state index in [1.165, 1.54) is 0 Å². The molecule has 0 aromatic carbocycles. The van der Waals surface area contributed by atoms with Crippen LogP contribution < -0.4 is 5.32 Å². The van der Waals surface area contributed by atoms with Gasteiger partial charge in [-0.15, -0.1) is 0 Å². The maximum absolute atomic E-state index is 13.6. The Labute approximate surface area is 101 Å². The Morgan fingerprint density at radius 3 is 3.19 bits per heavy atom. The van der Waals surface area contributed by atoms with Gasteiger partial charge in [-0.1, -0.05) is 0 Å². The highest BCUT2D eigenvalue weighted by atomic mass is 79.9. The molecular weight excluding hydrogens is 277 g/mol. The van der Waals surface area contributed by atoms with Gasteiger partial charge in [-0.2, -0.15) is 0 Å². The molecule has 1 amide bonds. The summed E-state index contributed by atoms with van der Waals surface area (Å²) >= 11 is 3.04. The number of nitrogens with one attached hydrogen (secondary N) is 1. The Hall–Kier alpha value is -1.01. The third kappa shape index (κ3) is 2.56. The molecule has 1 aliphatic rings. The van der Waals surface area contributed by atoms with Crippen molar-refractivity contribution in [1.82, 2.24) is 15.2 Å². The summed E-state index contributed by atoms with van der Waals surface area (Å²) in [4.78, 5) is 16.8. The minimum absolute atomic E-state index is 0.0141. The van der Waals surface area contributed by atoms with Crippen LogP contribution >= 0.6 is 15.9 Å². The van der Waals surface area contributed by atoms with Crippen LogP contribution in [-0.2, 0) is 11.3 Å². The van der Waals surface area contributed by atoms with Crippen molar-refractivity contribution in [2.75, 3.05) is 19.6 Å². The van der Waals surface area contributed by atoms with Crippen LogP contribution in [0.4, 0.5) is 4.39 Å². The lowest BCUT2D eigenvalue weighted by Gasteiger charge is -2.26. The highest BCUT2D eigenvalue weighted by Gasteiger charge is 2.18. The molecule has 6 heteroatoms. The lowest BCUT2D eigenvalue weighted by molar-refractivity contribution is -0.124. The van der Waals surface area contributed by atoms with Gasteiger partial charge in [0.05, 0.1) is 6.54 Å². The van der Waals surface area contributed by atoms with Crippen molar-refractivity contribution in [3.05, 3.63) is 28.2 Å². The van der Waals surface area contributed by atoms with E-state index in [9.17, 15) is 9.18 Å². The van der Waals surface area contributed by atoms with Crippen LogP contribution in [0.15, 0.2) is 16.9 Å². The maximum Gasteiger partial charge on any atom is 0.234 e. The minimum Gasteiger partial charge on any atom is -0.354 e. The molecule has 0 spiro atoms. The fourth-order valence-electron chi connectivity index (χ4n) is 1.64. The minimum atomic E-state index is -0.353. The number of nitrogens with zero attached hydrogens (tertiary/aromatic N) is 2. The van der Waals surface area contributed by atoms with Crippen LogP contribution in [0.5, 0.6) is 0 Å². The van der Waals surface area contributed by atoms with E-state index in [2.05, 4.69) is 26.2 Å². The van der Waals surface area contributed by atoms with Gasteiger partial charge >= 0.3 is 0 Å². The summed E-state index contributed by atoms with van der Waals surface area (Å²) in [6.45, 7) is 2.11. The molecule has 0 bridgehead atoms. The number of carbonyl (C=O) groups excluding carboxylic acids is 1. The fraction of sp³-hybridized carbons (Fsp3) is 0.400. The standard InChI is InChI=1S/C10H11BrFN3O/c11-10-9(12)7(1-2-14-10)5-15-4-3-13-8(16)6-15/h1-2H,3-6H2,(H,13,16). The number of hydrogen-bond acceptors (Lipinski definition) is 3. The Bertz CT molecular complexity index is 413. The average molecular weight is 288 g/mol. The SMILES string of the molecule is O=C1CN(Cc2ccnc(Br)c2F)CCN1. The zero-order valence-electron chi connectivity index (χ0n) is 8.54. The summed E-state index contributed by atoms with van der Waals surface area (Å²) in [5, 5.41) is 2.73. The van der Waals surface area contributed by atoms with Crippen LogP contribution in [0.25, 0.3) is 0 Å². The van der Waals surface area contributed by atoms with Crippen molar-refractivity contribution in [1.29, 1.82) is 0 Å². The Kier molecular flexibility index (Phi) is 3.50. The Morgan fingerprint density at radius 1 is 1.62 bits per heavy atom. The predicted octanol–water partition coefficient (Wildman–Crippen LogP) is 0.915. The van der Waals surface area contributed by atoms with Crippen molar-refractivity contribution in [3.63, 3.8) is 0 Å². The van der Waals surface area contributed by atoms with Gasteiger partial charge in [-0.25, -0.2) is 9.37 Å². The molecule has 0 aliphatic carbocycles. The fourth-order valence-corrected chi connectivity index (χ4v) is 2.02. The lowest BCUT2D eigenvalue weighted by atomic mass is 10.2. The highest BCUT2D eigenvalue weighted by Crippen LogP contribution is 2.17. The van der Waals surface area contributed by atoms with E-state index < -0.39 is 0 Å². The van der Waals surface area contributed by atoms with Crippen LogP contribution in [0.3, 0.4) is 0 Å². The molecule has 1 saturated heterocycles. The molecule has 0 saturated carbocycles. The van der Waals surface area contributed by atoms with Gasteiger partial charge in [-0.05, 0) is 22.0 Å². The zero-order valence-corrected chi connectivity index (χ0v) is 10.1. The quantitative estimate of drug-likeness (QED) is 0.823. The molecule has 1 N–H and O–H groups in total. The van der Waals surface area contributed by atoms with Crippen molar-refractivity contribution >= 4 is 21.8 Å². The second kappa shape index (κ2) is 4.88. The molecule has 0 radical (unpaired) electrons. The van der Waals surface area contributed by atoms with Crippen molar-refractivity contribution < 1.29 is 9.18 Å². The average Bonchev–Trinajstić information content (AvgIpc) is 2.25. The molecule has 4 nitrogen and oxygen atoms in total. The zero-order chi connectivity index (χ0) is 11.5. The number of halogens is 2. The van der Waals surface area contributed by atoms with Crippen LogP contribution in [0.2, 0.25) is 0 Å². The monoisotopic (exact) mass is 287 g/mol. The summed E-state index contributed by atoms with van der Waals surface area (Å²) in [5.41, 5.74) is 0.552. The lowest BCUT2D eigenvalue weighted by Crippen LogP contribution is -2.47. The normalized spacial score (nSPS) is 17.2. The van der Waals surface area contributed by atoms with E-state index in [1.54, 1.807) is 12.3 Å². The smallest absolute Gasteiger partial charge is 0.234 e. The van der Waals surface area contributed by atoms with Crippen molar-refractivity contribution in [3.8, 4) is 0 Å². The third-order valence-electron chi connectivity index (χ3n) is 2.44. The van der Waals surface area contributed by atoms with E-state index in [1.807, 2.05) is 4.90 Å². The van der Waals surface area contributed by atoms with E-state index in [4.69, 9.17) is 0 Å². The van der Waals surface area contributed by atoms with Gasteiger partial charge in [0, 0.05) is 31.4 Å². The number of hydrogen-bond donors (Lipinski definition) is 1. The second-order valence-electron chi connectivity index (χ2n) is 3.64. The number of carbonyl (C=O) groups is 1. The summed E-state index contributed by atoms with van der Waals surface area (Å²) in [6, 6.07) is 1.63. The maximum atomic E-state index is 13.6. The van der Waals surface area contributed by atoms with Crippen molar-refractivity contribution in [2.24, 2.45) is 0 Å². The number of rotatable bonds is 2. The molecule has 1 fully saturated rings. The second-order valence-corrected chi connectivity index (χ2v) is 4.39. The Balaban J connectivity index is 2.08. The molecule has 0 atom stereocenters. The summed E-state index contributed by atoms with van der Waals surface area (Å²) < 4.78 is 13.8. The van der Waals surface area contributed by atoms with Gasteiger partial charge in [0.2, 0.25) is 5.91 Å². The number of piperazine rings is 1. The largest absolute Gasteiger partial charge is 0.354 e. The number of amides is 1. The van der Waals surface area contributed by atoms with E-state index >= 15 is 0 Å². The number of aromatic nitrogens is 1. The van der Waals surface area contributed by atoms with Crippen molar-refractivity contribution in [2.45, 2.75) is 6.54 Å². The molecule has 0 unspecified atom stereocenters. The van der Waals surface area contributed by atoms with Crippen LogP contribution in [0, 0.1) is 5.82 Å². The highest BCUT2D eigenvalue weighted by molar-refractivity contribution is 9.10. The molecule has 2 heterocycles. The van der Waals surface area contributed by atoms with Gasteiger partial charge in [0.1, 0.15) is 4.60 Å². The predicted molar refractivity (Wildman–Crippen MR) is 60.2 cm³/mol. The first-order chi connectivity index (χ1) is 7.66. The molecule has 1 aromatic heterocycles. The summed E-state index contributed by atoms with van der Waals surface area (Å²) in [6.07, 6.45) is 1.55. The topological polar surface area (TPSA) is 45.2 Å². The molecule has 86 valence electrons. The van der Waals surface area contributed by atoms with E-state index in [0.29, 0.717) is 25.2 Å². The molecular formula is C10H11BrFN3O. The van der Waals surface area contributed by atoms with Gasteiger partial charge in [-0.3, -0.25) is 9.69 Å². The molecule has 16 heavy (non-hydrogen) atoms. The first-order valence-corrected chi connectivity index (χ1v) is 5.74.